The van der Waals surface area contributed by atoms with Crippen LogP contribution in [0.5, 0.6) is 11.5 Å². The first kappa shape index (κ1) is 23.5. The van der Waals surface area contributed by atoms with Crippen molar-refractivity contribution in [2.45, 2.75) is 20.3 Å². The van der Waals surface area contributed by atoms with Crippen molar-refractivity contribution in [1.29, 1.82) is 0 Å². The van der Waals surface area contributed by atoms with Crippen molar-refractivity contribution in [3.63, 3.8) is 0 Å². The van der Waals surface area contributed by atoms with E-state index >= 15 is 0 Å². The molecule has 0 aliphatic heterocycles. The molecular weight excluding hydrogens is 412 g/mol. The van der Waals surface area contributed by atoms with E-state index in [-0.39, 0.29) is 24.8 Å². The zero-order chi connectivity index (χ0) is 23.5. The van der Waals surface area contributed by atoms with E-state index in [9.17, 15) is 9.59 Å². The molecule has 4 rings (SSSR count). The number of carbonyl (C=O) groups excluding carboxylic acids is 2. The molecule has 168 valence electrons. The average molecular weight is 441 g/mol. The lowest BCUT2D eigenvalue weighted by Crippen LogP contribution is -2.27. The fraction of sp³-hybridized carbons (Fsp3) is 0.143. The molecule has 5 nitrogen and oxygen atoms in total. The molecule has 0 saturated carbocycles. The highest BCUT2D eigenvalue weighted by Crippen LogP contribution is 2.29. The summed E-state index contributed by atoms with van der Waals surface area (Å²) in [6.45, 7) is 4.23. The van der Waals surface area contributed by atoms with Gasteiger partial charge in [-0.3, -0.25) is 9.59 Å². The minimum absolute atomic E-state index is 0.149. The zero-order valence-electron chi connectivity index (χ0n) is 18.9. The van der Waals surface area contributed by atoms with Crippen molar-refractivity contribution < 1.29 is 14.3 Å². The Balaban J connectivity index is 0.00000149. The fourth-order valence-corrected chi connectivity index (χ4v) is 3.30. The van der Waals surface area contributed by atoms with Gasteiger partial charge in [-0.25, -0.2) is 0 Å². The number of carbonyl (C=O) groups is 2. The van der Waals surface area contributed by atoms with Gasteiger partial charge < -0.3 is 15.4 Å². The van der Waals surface area contributed by atoms with Crippen molar-refractivity contribution in [2.75, 3.05) is 11.9 Å². The van der Waals surface area contributed by atoms with Crippen molar-refractivity contribution >= 4 is 28.3 Å². The van der Waals surface area contributed by atoms with Gasteiger partial charge in [0.25, 0.3) is 5.91 Å². The third-order valence-corrected chi connectivity index (χ3v) is 4.80. The van der Waals surface area contributed by atoms with Gasteiger partial charge in [0.15, 0.2) is 5.75 Å². The van der Waals surface area contributed by atoms with Gasteiger partial charge in [-0.2, -0.15) is 0 Å². The first-order valence-electron chi connectivity index (χ1n) is 11.1. The molecular formula is C28H28N2O3. The van der Waals surface area contributed by atoms with Crippen LogP contribution in [0.1, 0.15) is 30.6 Å². The molecule has 0 fully saturated rings. The lowest BCUT2D eigenvalue weighted by Gasteiger charge is -2.12. The number of fused-ring (bicyclic) bond motifs is 1. The molecule has 0 spiro atoms. The summed E-state index contributed by atoms with van der Waals surface area (Å²) in [6, 6.07) is 30.0. The second-order valence-corrected chi connectivity index (χ2v) is 6.99. The van der Waals surface area contributed by atoms with Gasteiger partial charge in [0.2, 0.25) is 5.91 Å². The van der Waals surface area contributed by atoms with Crippen LogP contribution in [-0.2, 0) is 4.79 Å². The summed E-state index contributed by atoms with van der Waals surface area (Å²) in [5.74, 6) is 0.841. The zero-order valence-corrected chi connectivity index (χ0v) is 18.9. The van der Waals surface area contributed by atoms with E-state index in [0.29, 0.717) is 22.7 Å². The molecule has 0 unspecified atom stereocenters. The second kappa shape index (κ2) is 12.1. The molecule has 4 aromatic carbocycles. The van der Waals surface area contributed by atoms with E-state index in [1.165, 1.54) is 0 Å². The number of ether oxygens (including phenoxy) is 1. The normalized spacial score (nSPS) is 10.0. The number of hydrogen-bond acceptors (Lipinski definition) is 3. The Morgan fingerprint density at radius 1 is 0.758 bits per heavy atom. The third-order valence-electron chi connectivity index (χ3n) is 4.80. The Kier molecular flexibility index (Phi) is 8.60. The number of para-hydroxylation sites is 3. The SMILES string of the molecule is CC.O=C(CCNC(=O)c1cccc2ccccc12)Nc1ccccc1Oc1ccccc1. The van der Waals surface area contributed by atoms with Gasteiger partial charge in [0, 0.05) is 18.5 Å². The topological polar surface area (TPSA) is 67.4 Å². The van der Waals surface area contributed by atoms with Crippen LogP contribution in [0.4, 0.5) is 5.69 Å². The van der Waals surface area contributed by atoms with Gasteiger partial charge >= 0.3 is 0 Å². The van der Waals surface area contributed by atoms with Gasteiger partial charge in [-0.05, 0) is 41.1 Å². The Morgan fingerprint density at radius 2 is 1.42 bits per heavy atom. The van der Waals surface area contributed by atoms with E-state index in [2.05, 4.69) is 10.6 Å². The van der Waals surface area contributed by atoms with Crippen molar-refractivity contribution in [3.05, 3.63) is 103 Å². The smallest absolute Gasteiger partial charge is 0.251 e. The molecule has 4 aromatic rings. The summed E-state index contributed by atoms with van der Waals surface area (Å²) < 4.78 is 5.87. The van der Waals surface area contributed by atoms with E-state index in [0.717, 1.165) is 10.8 Å². The Bertz CT molecular complexity index is 1200. The monoisotopic (exact) mass is 440 g/mol. The van der Waals surface area contributed by atoms with Gasteiger partial charge in [-0.15, -0.1) is 0 Å². The molecule has 33 heavy (non-hydrogen) atoms. The van der Waals surface area contributed by atoms with Gasteiger partial charge in [0.1, 0.15) is 5.75 Å². The molecule has 0 aliphatic carbocycles. The number of nitrogens with one attached hydrogen (secondary N) is 2. The average Bonchev–Trinajstić information content (AvgIpc) is 2.86. The van der Waals surface area contributed by atoms with Crippen LogP contribution in [0, 0.1) is 0 Å². The number of amides is 2. The molecule has 0 bridgehead atoms. The van der Waals surface area contributed by atoms with E-state index in [1.54, 1.807) is 18.2 Å². The summed E-state index contributed by atoms with van der Waals surface area (Å²) >= 11 is 0. The highest BCUT2D eigenvalue weighted by atomic mass is 16.5. The fourth-order valence-electron chi connectivity index (χ4n) is 3.30. The van der Waals surface area contributed by atoms with Crippen LogP contribution < -0.4 is 15.4 Å². The quantitative estimate of drug-likeness (QED) is 0.349. The van der Waals surface area contributed by atoms with E-state index in [1.807, 2.05) is 92.7 Å². The molecule has 2 amide bonds. The number of benzene rings is 4. The number of hydrogen-bond donors (Lipinski definition) is 2. The Hall–Kier alpha value is -4.12. The van der Waals surface area contributed by atoms with Gasteiger partial charge in [0.05, 0.1) is 5.69 Å². The lowest BCUT2D eigenvalue weighted by atomic mass is 10.0. The standard InChI is InChI=1S/C26H22N2O3.C2H6/c29-25(28-23-15-6-7-16-24(23)31-20-11-2-1-3-12-20)17-18-27-26(30)22-14-8-10-19-9-4-5-13-21(19)22;1-2/h1-16H,17-18H2,(H,27,30)(H,28,29);1-2H3. The molecule has 5 heteroatoms. The highest BCUT2D eigenvalue weighted by molar-refractivity contribution is 6.07. The Labute approximate surface area is 194 Å². The second-order valence-electron chi connectivity index (χ2n) is 6.99. The molecule has 0 aliphatic rings. The third kappa shape index (κ3) is 6.43. The molecule has 0 radical (unpaired) electrons. The predicted octanol–water partition coefficient (Wildman–Crippen LogP) is 6.42. The number of anilines is 1. The largest absolute Gasteiger partial charge is 0.455 e. The van der Waals surface area contributed by atoms with E-state index in [4.69, 9.17) is 4.74 Å². The van der Waals surface area contributed by atoms with Crippen LogP contribution in [-0.4, -0.2) is 18.4 Å². The van der Waals surface area contributed by atoms with Crippen LogP contribution >= 0.6 is 0 Å². The summed E-state index contributed by atoms with van der Waals surface area (Å²) in [4.78, 5) is 25.0. The summed E-state index contributed by atoms with van der Waals surface area (Å²) in [5.41, 5.74) is 1.18. The molecule has 0 aromatic heterocycles. The van der Waals surface area contributed by atoms with Crippen molar-refractivity contribution in [3.8, 4) is 11.5 Å². The van der Waals surface area contributed by atoms with Crippen LogP contribution in [0.25, 0.3) is 10.8 Å². The molecule has 0 saturated heterocycles. The van der Waals surface area contributed by atoms with E-state index < -0.39 is 0 Å². The summed E-state index contributed by atoms with van der Waals surface area (Å²) in [7, 11) is 0. The lowest BCUT2D eigenvalue weighted by molar-refractivity contribution is -0.116. The van der Waals surface area contributed by atoms with Crippen LogP contribution in [0.3, 0.4) is 0 Å². The highest BCUT2D eigenvalue weighted by Gasteiger charge is 2.11. The number of rotatable bonds is 7. The van der Waals surface area contributed by atoms with Crippen molar-refractivity contribution in [1.82, 2.24) is 5.32 Å². The van der Waals surface area contributed by atoms with Gasteiger partial charge in [-0.1, -0.05) is 80.6 Å². The van der Waals surface area contributed by atoms with Crippen LogP contribution in [0.2, 0.25) is 0 Å². The maximum absolute atomic E-state index is 12.6. The minimum Gasteiger partial charge on any atom is -0.455 e. The summed E-state index contributed by atoms with van der Waals surface area (Å²) in [6.07, 6.45) is 0.149. The minimum atomic E-state index is -0.206. The maximum atomic E-state index is 12.6. The maximum Gasteiger partial charge on any atom is 0.251 e. The van der Waals surface area contributed by atoms with Crippen LogP contribution in [0.15, 0.2) is 97.1 Å². The van der Waals surface area contributed by atoms with Crippen molar-refractivity contribution in [2.24, 2.45) is 0 Å². The molecule has 2 N–H and O–H groups in total. The first-order chi connectivity index (χ1) is 16.2. The predicted molar refractivity (Wildman–Crippen MR) is 134 cm³/mol. The molecule has 0 atom stereocenters. The Morgan fingerprint density at radius 3 is 2.24 bits per heavy atom. The first-order valence-corrected chi connectivity index (χ1v) is 11.1. The summed E-state index contributed by atoms with van der Waals surface area (Å²) in [5, 5.41) is 7.58. The molecule has 0 heterocycles.